The molecular formula is C24H28ClN5O3. The predicted molar refractivity (Wildman–Crippen MR) is 126 cm³/mol. The number of halogens is 1. The van der Waals surface area contributed by atoms with Crippen molar-refractivity contribution in [3.05, 3.63) is 65.0 Å². The molecule has 1 atom stereocenters. The van der Waals surface area contributed by atoms with Crippen LogP contribution in [-0.4, -0.2) is 65.7 Å². The molecule has 8 nitrogen and oxygen atoms in total. The molecule has 174 valence electrons. The Balaban J connectivity index is 1.21. The van der Waals surface area contributed by atoms with Gasteiger partial charge in [0.25, 0.3) is 0 Å². The molecular weight excluding hydrogens is 442 g/mol. The van der Waals surface area contributed by atoms with Crippen LogP contribution in [0.4, 0.5) is 0 Å². The first-order chi connectivity index (χ1) is 16.0. The van der Waals surface area contributed by atoms with Crippen molar-refractivity contribution in [1.29, 1.82) is 0 Å². The Morgan fingerprint density at radius 1 is 1.09 bits per heavy atom. The van der Waals surface area contributed by atoms with Gasteiger partial charge in [0.05, 0.1) is 26.2 Å². The average Bonchev–Trinajstić information content (AvgIpc) is 3.29. The number of piperazine rings is 1. The molecule has 1 unspecified atom stereocenters. The van der Waals surface area contributed by atoms with Gasteiger partial charge in [-0.25, -0.2) is 0 Å². The maximum absolute atomic E-state index is 12.5. The van der Waals surface area contributed by atoms with Crippen LogP contribution in [0.2, 0.25) is 5.02 Å². The summed E-state index contributed by atoms with van der Waals surface area (Å²) in [6.45, 7) is 6.24. The molecule has 1 fully saturated rings. The monoisotopic (exact) mass is 469 g/mol. The van der Waals surface area contributed by atoms with Crippen LogP contribution in [-0.2, 0) is 11.3 Å². The van der Waals surface area contributed by atoms with E-state index in [0.29, 0.717) is 29.8 Å². The van der Waals surface area contributed by atoms with Gasteiger partial charge in [-0.3, -0.25) is 14.6 Å². The predicted octanol–water partition coefficient (Wildman–Crippen LogP) is 3.39. The molecule has 0 spiro atoms. The molecule has 1 amide bonds. The van der Waals surface area contributed by atoms with Crippen LogP contribution >= 0.6 is 11.6 Å². The Hall–Kier alpha value is -2.94. The van der Waals surface area contributed by atoms with Crippen LogP contribution in [0, 0.1) is 0 Å². The van der Waals surface area contributed by atoms with Gasteiger partial charge in [-0.05, 0) is 48.9 Å². The van der Waals surface area contributed by atoms with Crippen LogP contribution in [0.5, 0.6) is 5.75 Å². The summed E-state index contributed by atoms with van der Waals surface area (Å²) in [5.41, 5.74) is 1.92. The summed E-state index contributed by atoms with van der Waals surface area (Å²) in [7, 11) is 1.63. The molecule has 1 N–H and O–H groups in total. The van der Waals surface area contributed by atoms with Gasteiger partial charge in [0.1, 0.15) is 5.75 Å². The zero-order valence-corrected chi connectivity index (χ0v) is 19.6. The fraction of sp³-hybridized carbons (Fsp3) is 0.375. The van der Waals surface area contributed by atoms with Gasteiger partial charge < -0.3 is 14.6 Å². The first-order valence-electron chi connectivity index (χ1n) is 11.0. The Labute approximate surface area is 198 Å². The van der Waals surface area contributed by atoms with E-state index in [4.69, 9.17) is 20.9 Å². The minimum absolute atomic E-state index is 0.0203. The molecule has 4 rings (SSSR count). The van der Waals surface area contributed by atoms with Crippen molar-refractivity contribution >= 4 is 17.5 Å². The second kappa shape index (κ2) is 10.8. The lowest BCUT2D eigenvalue weighted by Gasteiger charge is -2.33. The minimum atomic E-state index is -0.0616. The van der Waals surface area contributed by atoms with Crippen LogP contribution in [0.3, 0.4) is 0 Å². The third kappa shape index (κ3) is 6.31. The normalized spacial score (nSPS) is 15.8. The van der Waals surface area contributed by atoms with Crippen molar-refractivity contribution < 1.29 is 14.1 Å². The molecule has 33 heavy (non-hydrogen) atoms. The lowest BCUT2D eigenvalue weighted by Crippen LogP contribution is -2.49. The highest BCUT2D eigenvalue weighted by Gasteiger charge is 2.21. The van der Waals surface area contributed by atoms with E-state index in [0.717, 1.165) is 43.1 Å². The van der Waals surface area contributed by atoms with E-state index in [1.54, 1.807) is 7.11 Å². The highest BCUT2D eigenvalue weighted by Crippen LogP contribution is 2.20. The number of methoxy groups -OCH3 is 1. The topological polar surface area (TPSA) is 83.7 Å². The molecule has 1 aliphatic heterocycles. The lowest BCUT2D eigenvalue weighted by molar-refractivity contribution is -0.123. The number of hydrogen-bond acceptors (Lipinski definition) is 7. The molecule has 0 aliphatic carbocycles. The van der Waals surface area contributed by atoms with Crippen molar-refractivity contribution in [3.8, 4) is 17.1 Å². The third-order valence-electron chi connectivity index (χ3n) is 5.75. The van der Waals surface area contributed by atoms with Crippen LogP contribution in [0.1, 0.15) is 24.4 Å². The van der Waals surface area contributed by atoms with Gasteiger partial charge >= 0.3 is 0 Å². The zero-order chi connectivity index (χ0) is 23.2. The molecule has 0 radical (unpaired) electrons. The fourth-order valence-corrected chi connectivity index (χ4v) is 3.92. The minimum Gasteiger partial charge on any atom is -0.497 e. The summed E-state index contributed by atoms with van der Waals surface area (Å²) < 4.78 is 10.6. The molecule has 1 aromatic heterocycles. The highest BCUT2D eigenvalue weighted by atomic mass is 35.5. The van der Waals surface area contributed by atoms with Gasteiger partial charge in [-0.15, -0.1) is 0 Å². The van der Waals surface area contributed by atoms with E-state index in [1.165, 1.54) is 0 Å². The van der Waals surface area contributed by atoms with Crippen LogP contribution < -0.4 is 10.1 Å². The zero-order valence-electron chi connectivity index (χ0n) is 18.8. The number of hydrogen-bond donors (Lipinski definition) is 1. The molecule has 1 saturated heterocycles. The maximum atomic E-state index is 12.5. The fourth-order valence-electron chi connectivity index (χ4n) is 3.80. The summed E-state index contributed by atoms with van der Waals surface area (Å²) in [6.07, 6.45) is 0. The van der Waals surface area contributed by atoms with E-state index >= 15 is 0 Å². The van der Waals surface area contributed by atoms with Gasteiger partial charge in [0, 0.05) is 36.8 Å². The first-order valence-corrected chi connectivity index (χ1v) is 11.3. The second-order valence-corrected chi connectivity index (χ2v) is 8.57. The van der Waals surface area contributed by atoms with Crippen LogP contribution in [0.25, 0.3) is 11.4 Å². The third-order valence-corrected chi connectivity index (χ3v) is 6.01. The molecule has 0 bridgehead atoms. The van der Waals surface area contributed by atoms with Crippen molar-refractivity contribution in [2.45, 2.75) is 19.5 Å². The molecule has 3 aromatic rings. The number of benzene rings is 2. The Kier molecular flexibility index (Phi) is 7.59. The van der Waals surface area contributed by atoms with Crippen molar-refractivity contribution in [3.63, 3.8) is 0 Å². The first kappa shape index (κ1) is 23.2. The quantitative estimate of drug-likeness (QED) is 0.541. The van der Waals surface area contributed by atoms with E-state index < -0.39 is 0 Å². The van der Waals surface area contributed by atoms with Gasteiger partial charge in [-0.2, -0.15) is 4.98 Å². The SMILES string of the molecule is COc1ccc(-c2noc(CN3CCN(CC(=O)NC(C)c4ccc(Cl)cc4)CC3)n2)cc1. The molecule has 2 aromatic carbocycles. The Morgan fingerprint density at radius 3 is 2.42 bits per heavy atom. The number of nitrogens with one attached hydrogen (secondary N) is 1. The van der Waals surface area contributed by atoms with E-state index in [2.05, 4.69) is 25.3 Å². The highest BCUT2D eigenvalue weighted by molar-refractivity contribution is 6.30. The number of ether oxygens (including phenoxy) is 1. The summed E-state index contributed by atoms with van der Waals surface area (Å²) >= 11 is 5.94. The Bertz CT molecular complexity index is 1050. The smallest absolute Gasteiger partial charge is 0.241 e. The number of amides is 1. The summed E-state index contributed by atoms with van der Waals surface area (Å²) in [5.74, 6) is 1.96. The lowest BCUT2D eigenvalue weighted by atomic mass is 10.1. The van der Waals surface area contributed by atoms with Crippen molar-refractivity contribution in [2.75, 3.05) is 39.8 Å². The van der Waals surface area contributed by atoms with E-state index in [-0.39, 0.29) is 11.9 Å². The molecule has 1 aliphatic rings. The van der Waals surface area contributed by atoms with Crippen LogP contribution in [0.15, 0.2) is 53.1 Å². The van der Waals surface area contributed by atoms with Crippen molar-refractivity contribution in [2.24, 2.45) is 0 Å². The standard InChI is InChI=1S/C24H28ClN5O3/c1-17(18-3-7-20(25)8-4-18)26-22(31)15-29-11-13-30(14-12-29)16-23-27-24(28-33-23)19-5-9-21(32-2)10-6-19/h3-10,17H,11-16H2,1-2H3,(H,26,31). The second-order valence-electron chi connectivity index (χ2n) is 8.13. The number of rotatable bonds is 8. The van der Waals surface area contributed by atoms with Gasteiger partial charge in [0.15, 0.2) is 0 Å². The molecule has 9 heteroatoms. The molecule has 2 heterocycles. The number of nitrogens with zero attached hydrogens (tertiary/aromatic N) is 4. The Morgan fingerprint density at radius 2 is 1.76 bits per heavy atom. The number of carbonyl (C=O) groups is 1. The van der Waals surface area contributed by atoms with Gasteiger partial charge in [-0.1, -0.05) is 28.9 Å². The summed E-state index contributed by atoms with van der Waals surface area (Å²) in [5, 5.41) is 7.84. The number of carbonyl (C=O) groups excluding carboxylic acids is 1. The number of aromatic nitrogens is 2. The average molecular weight is 470 g/mol. The largest absolute Gasteiger partial charge is 0.497 e. The van der Waals surface area contributed by atoms with E-state index in [1.807, 2.05) is 55.5 Å². The molecule has 0 saturated carbocycles. The van der Waals surface area contributed by atoms with Crippen molar-refractivity contribution in [1.82, 2.24) is 25.3 Å². The van der Waals surface area contributed by atoms with Gasteiger partial charge in [0.2, 0.25) is 17.6 Å². The summed E-state index contributed by atoms with van der Waals surface area (Å²) in [4.78, 5) is 21.4. The summed E-state index contributed by atoms with van der Waals surface area (Å²) in [6, 6.07) is 15.0. The van der Waals surface area contributed by atoms with E-state index in [9.17, 15) is 4.79 Å². The maximum Gasteiger partial charge on any atom is 0.241 e.